The van der Waals surface area contributed by atoms with Gasteiger partial charge in [-0.3, -0.25) is 10.1 Å². The Kier molecular flexibility index (Phi) is 4.00. The first-order chi connectivity index (χ1) is 10.1. The molecule has 4 heteroatoms. The molecule has 1 amide bonds. The van der Waals surface area contributed by atoms with E-state index in [4.69, 9.17) is 0 Å². The molecular formula is C17H25N3O. The minimum atomic E-state index is 0.0372. The average Bonchev–Trinajstić information content (AvgIpc) is 2.85. The number of carbonyl (C=O) groups excluding carboxylic acids is 1. The molecule has 2 heterocycles. The fourth-order valence-corrected chi connectivity index (χ4v) is 3.38. The van der Waals surface area contributed by atoms with Crippen LogP contribution in [-0.2, 0) is 4.79 Å². The van der Waals surface area contributed by atoms with Crippen LogP contribution in [0.25, 0.3) is 0 Å². The number of rotatable bonds is 3. The van der Waals surface area contributed by atoms with Crippen molar-refractivity contribution in [1.29, 1.82) is 0 Å². The van der Waals surface area contributed by atoms with Crippen LogP contribution in [0.5, 0.6) is 0 Å². The molecule has 1 N–H and O–H groups in total. The number of hydrogen-bond acceptors (Lipinski definition) is 3. The molecule has 21 heavy (non-hydrogen) atoms. The second kappa shape index (κ2) is 5.78. The molecule has 2 saturated heterocycles. The van der Waals surface area contributed by atoms with Gasteiger partial charge in [0, 0.05) is 6.54 Å². The molecule has 0 bridgehead atoms. The molecule has 4 nitrogen and oxygen atoms in total. The van der Waals surface area contributed by atoms with Gasteiger partial charge in [0.05, 0.1) is 6.54 Å². The summed E-state index contributed by atoms with van der Waals surface area (Å²) in [6.45, 7) is 5.89. The molecule has 2 aliphatic rings. The molecule has 1 atom stereocenters. The van der Waals surface area contributed by atoms with Crippen molar-refractivity contribution in [2.24, 2.45) is 5.41 Å². The van der Waals surface area contributed by atoms with Gasteiger partial charge in [0.2, 0.25) is 5.91 Å². The van der Waals surface area contributed by atoms with Gasteiger partial charge in [-0.05, 0) is 44.0 Å². The molecule has 2 aliphatic heterocycles. The molecule has 2 fully saturated rings. The smallest absolute Gasteiger partial charge is 0.238 e. The largest absolute Gasteiger partial charge is 0.321 e. The van der Waals surface area contributed by atoms with E-state index in [0.717, 1.165) is 32.5 Å². The zero-order valence-electron chi connectivity index (χ0n) is 13.0. The Morgan fingerprint density at radius 2 is 1.90 bits per heavy atom. The Bertz CT molecular complexity index is 494. The summed E-state index contributed by atoms with van der Waals surface area (Å²) in [5.41, 5.74) is 1.42. The summed E-state index contributed by atoms with van der Waals surface area (Å²) in [6, 6.07) is 10.3. The summed E-state index contributed by atoms with van der Waals surface area (Å²) in [7, 11) is 2.18. The number of nitrogens with one attached hydrogen (secondary N) is 1. The van der Waals surface area contributed by atoms with Gasteiger partial charge >= 0.3 is 0 Å². The van der Waals surface area contributed by atoms with Gasteiger partial charge in [0.1, 0.15) is 6.17 Å². The molecule has 1 aromatic rings. The lowest BCUT2D eigenvalue weighted by molar-refractivity contribution is -0.130. The van der Waals surface area contributed by atoms with Crippen molar-refractivity contribution in [3.05, 3.63) is 35.9 Å². The molecule has 0 saturated carbocycles. The van der Waals surface area contributed by atoms with E-state index in [1.807, 2.05) is 23.1 Å². The highest BCUT2D eigenvalue weighted by Gasteiger charge is 2.38. The van der Waals surface area contributed by atoms with Crippen molar-refractivity contribution in [1.82, 2.24) is 15.1 Å². The number of likely N-dealkylation sites (tertiary alicyclic amines) is 1. The van der Waals surface area contributed by atoms with E-state index in [1.165, 1.54) is 5.56 Å². The van der Waals surface area contributed by atoms with Crippen LogP contribution in [0.2, 0.25) is 0 Å². The van der Waals surface area contributed by atoms with Crippen LogP contribution in [0.4, 0.5) is 0 Å². The monoisotopic (exact) mass is 287 g/mol. The Morgan fingerprint density at radius 1 is 1.24 bits per heavy atom. The van der Waals surface area contributed by atoms with Crippen LogP contribution < -0.4 is 5.32 Å². The number of benzene rings is 1. The van der Waals surface area contributed by atoms with Crippen LogP contribution >= 0.6 is 0 Å². The van der Waals surface area contributed by atoms with Crippen molar-refractivity contribution >= 4 is 5.91 Å². The zero-order valence-corrected chi connectivity index (χ0v) is 13.0. The minimum absolute atomic E-state index is 0.0372. The second-order valence-electron chi connectivity index (χ2n) is 6.83. The Hall–Kier alpha value is -1.39. The van der Waals surface area contributed by atoms with Gasteiger partial charge in [0.25, 0.3) is 0 Å². The van der Waals surface area contributed by atoms with E-state index in [2.05, 4.69) is 36.3 Å². The molecule has 1 unspecified atom stereocenters. The minimum Gasteiger partial charge on any atom is -0.321 e. The first kappa shape index (κ1) is 14.5. The predicted octanol–water partition coefficient (Wildman–Crippen LogP) is 1.85. The molecule has 3 rings (SSSR count). The van der Waals surface area contributed by atoms with Gasteiger partial charge in [-0.1, -0.05) is 37.3 Å². The molecule has 0 spiro atoms. The van der Waals surface area contributed by atoms with Crippen LogP contribution in [0.3, 0.4) is 0 Å². The van der Waals surface area contributed by atoms with E-state index in [0.29, 0.717) is 6.54 Å². The van der Waals surface area contributed by atoms with E-state index < -0.39 is 0 Å². The van der Waals surface area contributed by atoms with Crippen molar-refractivity contribution in [3.8, 4) is 0 Å². The van der Waals surface area contributed by atoms with Crippen LogP contribution in [-0.4, -0.2) is 48.9 Å². The number of hydrogen-bond donors (Lipinski definition) is 1. The van der Waals surface area contributed by atoms with Crippen molar-refractivity contribution in [2.75, 3.05) is 33.2 Å². The molecule has 114 valence electrons. The van der Waals surface area contributed by atoms with Gasteiger partial charge in [-0.15, -0.1) is 0 Å². The van der Waals surface area contributed by atoms with Gasteiger partial charge in [-0.2, -0.15) is 0 Å². The van der Waals surface area contributed by atoms with E-state index >= 15 is 0 Å². The predicted molar refractivity (Wildman–Crippen MR) is 83.7 cm³/mol. The second-order valence-corrected chi connectivity index (χ2v) is 6.83. The number of nitrogens with zero attached hydrogens (tertiary/aromatic N) is 2. The van der Waals surface area contributed by atoms with Gasteiger partial charge < -0.3 is 9.80 Å². The molecular weight excluding hydrogens is 262 g/mol. The van der Waals surface area contributed by atoms with E-state index in [-0.39, 0.29) is 17.5 Å². The van der Waals surface area contributed by atoms with Crippen LogP contribution in [0.1, 0.15) is 31.5 Å². The van der Waals surface area contributed by atoms with Gasteiger partial charge in [0.15, 0.2) is 0 Å². The standard InChI is InChI=1S/C17H25N3O/c1-17(8-10-19(2)11-9-17)13-20-15(21)12-18-16(20)14-6-4-3-5-7-14/h3-7,16,18H,8-13H2,1-2H3. The average molecular weight is 287 g/mol. The fraction of sp³-hybridized carbons (Fsp3) is 0.588. The molecule has 1 aromatic carbocycles. The Morgan fingerprint density at radius 3 is 2.57 bits per heavy atom. The first-order valence-electron chi connectivity index (χ1n) is 7.84. The molecule has 0 radical (unpaired) electrons. The fourth-order valence-electron chi connectivity index (χ4n) is 3.38. The third-order valence-electron chi connectivity index (χ3n) is 4.94. The highest BCUT2D eigenvalue weighted by atomic mass is 16.2. The van der Waals surface area contributed by atoms with Crippen LogP contribution in [0.15, 0.2) is 30.3 Å². The van der Waals surface area contributed by atoms with E-state index in [9.17, 15) is 4.79 Å². The zero-order chi connectivity index (χ0) is 14.9. The highest BCUT2D eigenvalue weighted by molar-refractivity contribution is 5.81. The van der Waals surface area contributed by atoms with Crippen LogP contribution in [0, 0.1) is 5.41 Å². The topological polar surface area (TPSA) is 35.6 Å². The summed E-state index contributed by atoms with van der Waals surface area (Å²) in [6.07, 6.45) is 2.36. The third-order valence-corrected chi connectivity index (χ3v) is 4.94. The lowest BCUT2D eigenvalue weighted by Crippen LogP contribution is -2.45. The van der Waals surface area contributed by atoms with E-state index in [1.54, 1.807) is 0 Å². The van der Waals surface area contributed by atoms with Crippen molar-refractivity contribution in [2.45, 2.75) is 25.9 Å². The quantitative estimate of drug-likeness (QED) is 0.921. The molecule has 0 aromatic heterocycles. The number of piperidine rings is 1. The normalized spacial score (nSPS) is 26.3. The number of carbonyl (C=O) groups is 1. The van der Waals surface area contributed by atoms with Crippen molar-refractivity contribution < 1.29 is 4.79 Å². The SMILES string of the molecule is CN1CCC(C)(CN2C(=O)CNC2c2ccccc2)CC1. The maximum atomic E-state index is 12.3. The summed E-state index contributed by atoms with van der Waals surface area (Å²) >= 11 is 0. The first-order valence-corrected chi connectivity index (χ1v) is 7.84. The Balaban J connectivity index is 1.74. The Labute approximate surface area is 127 Å². The number of amides is 1. The maximum Gasteiger partial charge on any atom is 0.238 e. The summed E-state index contributed by atoms with van der Waals surface area (Å²) < 4.78 is 0. The lowest BCUT2D eigenvalue weighted by Gasteiger charge is -2.41. The van der Waals surface area contributed by atoms with Crippen molar-refractivity contribution in [3.63, 3.8) is 0 Å². The summed E-state index contributed by atoms with van der Waals surface area (Å²) in [5, 5.41) is 3.35. The lowest BCUT2D eigenvalue weighted by atomic mass is 9.80. The summed E-state index contributed by atoms with van der Waals surface area (Å²) in [5.74, 6) is 0.226. The summed E-state index contributed by atoms with van der Waals surface area (Å²) in [4.78, 5) is 16.7. The van der Waals surface area contributed by atoms with Gasteiger partial charge in [-0.25, -0.2) is 0 Å². The maximum absolute atomic E-state index is 12.3. The molecule has 0 aliphatic carbocycles. The highest BCUT2D eigenvalue weighted by Crippen LogP contribution is 2.34. The third kappa shape index (κ3) is 3.11.